The summed E-state index contributed by atoms with van der Waals surface area (Å²) in [5, 5.41) is 16.2. The van der Waals surface area contributed by atoms with Gasteiger partial charge in [-0.25, -0.2) is 34.3 Å². The first kappa shape index (κ1) is 57.1. The lowest BCUT2D eigenvalue weighted by molar-refractivity contribution is -0.0512. The number of benzene rings is 4. The van der Waals surface area contributed by atoms with Crippen LogP contribution in [0.4, 0.5) is 43.8 Å². The number of aromatic nitrogens is 8. The second kappa shape index (κ2) is 23.9. The highest BCUT2D eigenvalue weighted by Crippen LogP contribution is 2.31. The fourth-order valence-electron chi connectivity index (χ4n) is 11.0. The Morgan fingerprint density at radius 3 is 1.47 bits per heavy atom. The molecule has 4 saturated heterocycles. The van der Waals surface area contributed by atoms with Gasteiger partial charge >= 0.3 is 31.4 Å². The van der Waals surface area contributed by atoms with E-state index in [4.69, 9.17) is 14.2 Å². The van der Waals surface area contributed by atoms with Crippen molar-refractivity contribution in [2.75, 3.05) is 76.3 Å². The van der Waals surface area contributed by atoms with Crippen LogP contribution in [-0.4, -0.2) is 168 Å². The van der Waals surface area contributed by atoms with Gasteiger partial charge in [0.05, 0.1) is 53.6 Å². The largest absolute Gasteiger partial charge is 0.445 e. The molecule has 5 amide bonds. The van der Waals surface area contributed by atoms with Crippen LogP contribution < -0.4 is 41.0 Å². The summed E-state index contributed by atoms with van der Waals surface area (Å²) in [6, 6.07) is 19.9. The maximum atomic E-state index is 13.3. The molecule has 85 heavy (non-hydrogen) atoms. The Kier molecular flexibility index (Phi) is 16.0. The smallest absolute Gasteiger partial charge is 0.409 e. The molecule has 2 atom stereocenters. The third-order valence-corrected chi connectivity index (χ3v) is 15.5. The van der Waals surface area contributed by atoms with Crippen molar-refractivity contribution in [3.8, 4) is 33.8 Å². The van der Waals surface area contributed by atoms with Crippen molar-refractivity contribution in [2.45, 2.75) is 51.6 Å². The number of aliphatic hydroxyl groups is 1. The first-order valence-electron chi connectivity index (χ1n) is 27.1. The maximum absolute atomic E-state index is 13.3. The molecule has 8 aromatic rings. The molecule has 444 valence electrons. The highest BCUT2D eigenvalue weighted by atomic mass is 19.3. The number of hydrogen-bond donors (Lipinski definition) is 3. The number of ether oxygens (including phenoxy) is 3. The van der Waals surface area contributed by atoms with Crippen molar-refractivity contribution in [1.29, 1.82) is 0 Å². The van der Waals surface area contributed by atoms with Crippen LogP contribution in [0.3, 0.4) is 0 Å². The molecule has 0 saturated carbocycles. The van der Waals surface area contributed by atoms with Crippen LogP contribution in [-0.2, 0) is 45.1 Å². The number of fused-ring (bicyclic) bond motifs is 4. The van der Waals surface area contributed by atoms with E-state index in [1.54, 1.807) is 92.7 Å². The SMILES string of the molecule is CN(C)C(=O)OCc1ccc(OC(F)F)c(Cn2c3cc(-c4cnc(N5CCN6C(=O)NC[C@@H]6C5)nc4)ccc3c(=O)n2C)c1.Cn1c(=O)c2ccc(-c3cnc(N4CCN5C(=O)NC[C@@H]5C4)nc3)cc2n1Cc1cc(CO)ccc1OC(F)F. The zero-order valence-electron chi connectivity index (χ0n) is 46.6. The number of amides is 5. The summed E-state index contributed by atoms with van der Waals surface area (Å²) in [7, 11) is 6.32. The molecule has 4 aliphatic rings. The van der Waals surface area contributed by atoms with Crippen LogP contribution >= 0.6 is 0 Å². The fraction of sp³-hybridized carbons (Fsp3) is 0.351. The molecule has 0 unspecified atom stereocenters. The zero-order valence-corrected chi connectivity index (χ0v) is 46.6. The minimum Gasteiger partial charge on any atom is -0.445 e. The summed E-state index contributed by atoms with van der Waals surface area (Å²) in [5.41, 5.74) is 5.57. The Bertz CT molecular complexity index is 3950. The minimum atomic E-state index is -3.05. The predicted molar refractivity (Wildman–Crippen MR) is 303 cm³/mol. The number of carbonyl (C=O) groups excluding carboxylic acids is 3. The quantitative estimate of drug-likeness (QED) is 0.114. The molecule has 4 aliphatic heterocycles. The Hall–Kier alpha value is -9.73. The van der Waals surface area contributed by atoms with Gasteiger partial charge in [-0.3, -0.25) is 28.3 Å². The van der Waals surface area contributed by atoms with Crippen molar-refractivity contribution < 1.29 is 51.3 Å². The second-order valence-electron chi connectivity index (χ2n) is 21.0. The highest BCUT2D eigenvalue weighted by Gasteiger charge is 2.37. The molecule has 4 aromatic carbocycles. The van der Waals surface area contributed by atoms with E-state index in [0.717, 1.165) is 22.3 Å². The maximum Gasteiger partial charge on any atom is 0.409 e. The van der Waals surface area contributed by atoms with Crippen LogP contribution in [0, 0.1) is 0 Å². The lowest BCUT2D eigenvalue weighted by Crippen LogP contribution is -2.52. The van der Waals surface area contributed by atoms with E-state index in [2.05, 4.69) is 40.4 Å². The van der Waals surface area contributed by atoms with Crippen molar-refractivity contribution in [3.63, 3.8) is 0 Å². The summed E-state index contributed by atoms with van der Waals surface area (Å²) >= 11 is 0. The summed E-state index contributed by atoms with van der Waals surface area (Å²) in [4.78, 5) is 89.2. The Balaban J connectivity index is 0.000000178. The molecule has 28 heteroatoms. The number of anilines is 2. The van der Waals surface area contributed by atoms with E-state index in [-0.39, 0.29) is 73.1 Å². The van der Waals surface area contributed by atoms with Gasteiger partial charge in [0.2, 0.25) is 11.9 Å². The number of piperazine rings is 2. The Morgan fingerprint density at radius 2 is 1.05 bits per heavy atom. The number of halogens is 4. The monoisotopic (exact) mass is 1170 g/mol. The number of rotatable bonds is 15. The highest BCUT2D eigenvalue weighted by molar-refractivity contribution is 5.86. The van der Waals surface area contributed by atoms with E-state index in [1.165, 1.54) is 32.5 Å². The molecule has 24 nitrogen and oxygen atoms in total. The molecule has 0 spiro atoms. The van der Waals surface area contributed by atoms with Gasteiger partial charge in [-0.15, -0.1) is 0 Å². The third kappa shape index (κ3) is 11.8. The minimum absolute atomic E-state index is 0.0240. The molecule has 0 bridgehead atoms. The van der Waals surface area contributed by atoms with Crippen molar-refractivity contribution in [3.05, 3.63) is 141 Å². The van der Waals surface area contributed by atoms with Crippen LogP contribution in [0.1, 0.15) is 22.3 Å². The summed E-state index contributed by atoms with van der Waals surface area (Å²) < 4.78 is 73.6. The number of nitrogens with one attached hydrogen (secondary N) is 2. The molecular weight excluding hydrogens is 1110 g/mol. The molecular formula is C57H59F4N15O9. The second-order valence-corrected chi connectivity index (χ2v) is 21.0. The van der Waals surface area contributed by atoms with Crippen LogP contribution in [0.5, 0.6) is 11.5 Å². The summed E-state index contributed by atoms with van der Waals surface area (Å²) in [6.45, 7) is -1.37. The molecule has 0 aliphatic carbocycles. The Labute approximate surface area is 481 Å². The van der Waals surface area contributed by atoms with Gasteiger partial charge in [0, 0.05) is 128 Å². The first-order valence-corrected chi connectivity index (χ1v) is 27.1. The molecule has 0 radical (unpaired) electrons. The number of nitrogens with zero attached hydrogens (tertiary/aromatic N) is 13. The average molecular weight is 1170 g/mol. The first-order chi connectivity index (χ1) is 40.9. The van der Waals surface area contributed by atoms with Crippen LogP contribution in [0.2, 0.25) is 0 Å². The van der Waals surface area contributed by atoms with Gasteiger partial charge in [-0.05, 0) is 70.8 Å². The van der Waals surface area contributed by atoms with E-state index < -0.39 is 19.3 Å². The third-order valence-electron chi connectivity index (χ3n) is 15.5. The van der Waals surface area contributed by atoms with E-state index >= 15 is 0 Å². The number of urea groups is 2. The molecule has 3 N–H and O–H groups in total. The lowest BCUT2D eigenvalue weighted by atomic mass is 10.1. The molecule has 12 rings (SSSR count). The zero-order chi connectivity index (χ0) is 59.8. The van der Waals surface area contributed by atoms with Crippen molar-refractivity contribution in [2.24, 2.45) is 14.1 Å². The standard InChI is InChI=1S/C30H32F2N8O5.C27H27F2N7O4/c1-36(2)30(43)44-17-18-4-7-25(45-27(31)32)20(10-18)15-40-24-11-19(5-6-23(24)26(41)37(40)3)21-12-33-28(34-13-21)38-8-9-39-22(16-38)14-35-29(39)42;1-33-24(38)21-4-3-17(9-22(21)36(33)13-18-8-16(15-37)2-5-23(18)40-25(28)29)19-10-30-26(31-11-19)34-6-7-35-20(14-34)12-32-27(35)39/h4-7,10-13,22,27H,8-9,14-17H2,1-3H3,(H,35,42);2-5,8-11,20,25,37H,6-7,12-15H2,1H3,(H,32,39)/t22-;20-/m11/s1. The van der Waals surface area contributed by atoms with Gasteiger partial charge < -0.3 is 54.5 Å². The van der Waals surface area contributed by atoms with Crippen molar-refractivity contribution in [1.82, 2.24) is 64.0 Å². The normalized spacial score (nSPS) is 16.6. The van der Waals surface area contributed by atoms with Crippen molar-refractivity contribution >= 4 is 51.9 Å². The van der Waals surface area contributed by atoms with E-state index in [0.29, 0.717) is 108 Å². The van der Waals surface area contributed by atoms with Gasteiger partial charge in [0.15, 0.2) is 0 Å². The molecule has 8 heterocycles. The van der Waals surface area contributed by atoms with Gasteiger partial charge in [-0.2, -0.15) is 17.6 Å². The van der Waals surface area contributed by atoms with E-state index in [1.807, 2.05) is 34.1 Å². The molecule has 4 aromatic heterocycles. The number of hydrogen-bond acceptors (Lipinski definition) is 15. The average Bonchev–Trinajstić information content (AvgIpc) is 2.07. The van der Waals surface area contributed by atoms with Crippen LogP contribution in [0.25, 0.3) is 44.1 Å². The molecule has 4 fully saturated rings. The predicted octanol–water partition coefficient (Wildman–Crippen LogP) is 5.01. The van der Waals surface area contributed by atoms with E-state index in [9.17, 15) is 46.6 Å². The topological polar surface area (TPSA) is 245 Å². The summed E-state index contributed by atoms with van der Waals surface area (Å²) in [5.74, 6) is 1.06. The number of alkyl halides is 4. The number of carbonyl (C=O) groups is 3. The van der Waals surface area contributed by atoms with Crippen LogP contribution in [0.15, 0.2) is 107 Å². The lowest BCUT2D eigenvalue weighted by Gasteiger charge is -2.36. The number of aliphatic hydroxyl groups excluding tert-OH is 1. The van der Waals surface area contributed by atoms with Gasteiger partial charge in [0.25, 0.3) is 11.1 Å². The fourth-order valence-corrected chi connectivity index (χ4v) is 11.0. The Morgan fingerprint density at radius 1 is 0.612 bits per heavy atom. The van der Waals surface area contributed by atoms with Gasteiger partial charge in [0.1, 0.15) is 18.1 Å². The van der Waals surface area contributed by atoms with Gasteiger partial charge in [-0.1, -0.05) is 24.3 Å². The summed E-state index contributed by atoms with van der Waals surface area (Å²) in [6.07, 6.45) is 6.33.